The monoisotopic (exact) mass is 312 g/mol. The van der Waals surface area contributed by atoms with E-state index in [1.807, 2.05) is 0 Å². The summed E-state index contributed by atoms with van der Waals surface area (Å²) in [4.78, 5) is 31.3. The van der Waals surface area contributed by atoms with Crippen LogP contribution in [0.25, 0.3) is 0 Å². The zero-order valence-electron chi connectivity index (χ0n) is 11.1. The molecule has 20 heavy (non-hydrogen) atoms. The molecule has 8 heteroatoms. The molecule has 1 aromatic rings. The fourth-order valence-electron chi connectivity index (χ4n) is 2.25. The maximum Gasteiger partial charge on any atom is 0.273 e. The fraction of sp³-hybridized carbons (Fsp3) is 0.583. The van der Waals surface area contributed by atoms with Gasteiger partial charge >= 0.3 is 0 Å². The first-order chi connectivity index (χ1) is 9.52. The summed E-state index contributed by atoms with van der Waals surface area (Å²) >= 11 is 2.86. The quantitative estimate of drug-likeness (QED) is 0.870. The minimum Gasteiger partial charge on any atom is -0.346 e. The third-order valence-corrected chi connectivity index (χ3v) is 5.22. The Morgan fingerprint density at radius 3 is 2.70 bits per heavy atom. The van der Waals surface area contributed by atoms with Gasteiger partial charge in [-0.15, -0.1) is 11.3 Å². The second-order valence-electron chi connectivity index (χ2n) is 5.12. The van der Waals surface area contributed by atoms with Crippen molar-refractivity contribution < 1.29 is 9.59 Å². The van der Waals surface area contributed by atoms with E-state index in [9.17, 15) is 9.59 Å². The summed E-state index contributed by atoms with van der Waals surface area (Å²) in [5.74, 6) is -0.0376. The van der Waals surface area contributed by atoms with Crippen LogP contribution in [-0.2, 0) is 4.79 Å². The van der Waals surface area contributed by atoms with E-state index < -0.39 is 0 Å². The van der Waals surface area contributed by atoms with E-state index in [-0.39, 0.29) is 17.1 Å². The van der Waals surface area contributed by atoms with Crippen LogP contribution in [0.1, 0.15) is 17.4 Å². The van der Waals surface area contributed by atoms with Crippen molar-refractivity contribution in [1.82, 2.24) is 9.88 Å². The highest BCUT2D eigenvalue weighted by molar-refractivity contribution is 8.14. The smallest absolute Gasteiger partial charge is 0.273 e. The zero-order valence-corrected chi connectivity index (χ0v) is 12.7. The molecule has 2 N–H and O–H groups in total. The Labute approximate surface area is 125 Å². The second kappa shape index (κ2) is 5.34. The molecule has 2 aliphatic heterocycles. The third kappa shape index (κ3) is 2.68. The lowest BCUT2D eigenvalue weighted by Gasteiger charge is -2.38. The van der Waals surface area contributed by atoms with Crippen molar-refractivity contribution in [2.45, 2.75) is 18.2 Å². The summed E-state index contributed by atoms with van der Waals surface area (Å²) in [6.45, 7) is 4.46. The van der Waals surface area contributed by atoms with Crippen molar-refractivity contribution in [2.75, 3.05) is 31.1 Å². The maximum absolute atomic E-state index is 12.1. The van der Waals surface area contributed by atoms with E-state index in [0.717, 1.165) is 18.2 Å². The summed E-state index contributed by atoms with van der Waals surface area (Å²) in [5.41, 5.74) is 6.17. The van der Waals surface area contributed by atoms with Gasteiger partial charge in [-0.05, 0) is 0 Å². The number of nitrogens with zero attached hydrogens (tertiary/aromatic N) is 3. The number of carbonyl (C=O) groups excluding carboxylic acids is 2. The Morgan fingerprint density at radius 2 is 2.10 bits per heavy atom. The molecule has 1 aromatic heterocycles. The lowest BCUT2D eigenvalue weighted by atomic mass is 10.1. The number of anilines is 1. The topological polar surface area (TPSA) is 79.5 Å². The Morgan fingerprint density at radius 1 is 1.40 bits per heavy atom. The highest BCUT2D eigenvalue weighted by Gasteiger charge is 2.33. The summed E-state index contributed by atoms with van der Waals surface area (Å²) < 4.78 is 0. The van der Waals surface area contributed by atoms with Crippen LogP contribution in [-0.4, -0.2) is 58.4 Å². The van der Waals surface area contributed by atoms with Crippen LogP contribution in [0.3, 0.4) is 0 Å². The molecule has 0 spiro atoms. The number of amides is 1. The van der Waals surface area contributed by atoms with Crippen molar-refractivity contribution in [3.63, 3.8) is 0 Å². The summed E-state index contributed by atoms with van der Waals surface area (Å²) in [6.07, 6.45) is 0. The Balaban J connectivity index is 1.55. The molecular formula is C12H16N4O2S2. The molecule has 0 radical (unpaired) electrons. The van der Waals surface area contributed by atoms with Crippen LogP contribution in [0, 0.1) is 0 Å². The predicted octanol–water partition coefficient (Wildman–Crippen LogP) is 0.394. The number of thioether (sulfide) groups is 1. The molecule has 0 aliphatic carbocycles. The van der Waals surface area contributed by atoms with Crippen molar-refractivity contribution in [1.29, 1.82) is 0 Å². The predicted molar refractivity (Wildman–Crippen MR) is 80.3 cm³/mol. The van der Waals surface area contributed by atoms with Gasteiger partial charge in [0.1, 0.15) is 5.69 Å². The van der Waals surface area contributed by atoms with Gasteiger partial charge in [-0.2, -0.15) is 0 Å². The lowest BCUT2D eigenvalue weighted by molar-refractivity contribution is -0.109. The number of likely N-dealkylation sites (tertiary alicyclic amines) is 1. The van der Waals surface area contributed by atoms with E-state index in [1.54, 1.807) is 17.2 Å². The Hall–Kier alpha value is -1.12. The number of aromatic nitrogens is 1. The minimum atomic E-state index is -0.0376. The molecule has 0 bridgehead atoms. The molecule has 0 unspecified atom stereocenters. The molecule has 0 atom stereocenters. The molecule has 2 aliphatic rings. The first-order valence-corrected chi connectivity index (χ1v) is 8.21. The molecule has 2 fully saturated rings. The summed E-state index contributed by atoms with van der Waals surface area (Å²) in [6, 6.07) is 0.108. The average molecular weight is 312 g/mol. The molecule has 3 heterocycles. The lowest BCUT2D eigenvalue weighted by Crippen LogP contribution is -2.57. The second-order valence-corrected chi connectivity index (χ2v) is 7.44. The van der Waals surface area contributed by atoms with Crippen LogP contribution in [0.15, 0.2) is 5.38 Å². The molecule has 6 nitrogen and oxygen atoms in total. The van der Waals surface area contributed by atoms with Crippen LogP contribution in [0.4, 0.5) is 5.13 Å². The highest BCUT2D eigenvalue weighted by Crippen LogP contribution is 2.31. The number of nitrogens with two attached hydrogens (primary N) is 1. The highest BCUT2D eigenvalue weighted by atomic mass is 32.2. The van der Waals surface area contributed by atoms with Crippen molar-refractivity contribution in [2.24, 2.45) is 5.73 Å². The number of hydrogen-bond donors (Lipinski definition) is 1. The molecule has 1 amide bonds. The standard InChI is InChI=1S/C12H16N4O2S2/c1-7(17)20-9-4-16(5-9)12-14-10(6-19-12)11(18)15-2-8(13)3-15/h6,8-9H,2-5,13H2,1H3. The van der Waals surface area contributed by atoms with Gasteiger partial charge in [0.15, 0.2) is 10.2 Å². The zero-order chi connectivity index (χ0) is 14.3. The van der Waals surface area contributed by atoms with Crippen LogP contribution >= 0.6 is 23.1 Å². The molecule has 0 aromatic carbocycles. The molecule has 2 saturated heterocycles. The average Bonchev–Trinajstić information content (AvgIpc) is 2.77. The van der Waals surface area contributed by atoms with Crippen LogP contribution in [0.2, 0.25) is 0 Å². The molecular weight excluding hydrogens is 296 g/mol. The van der Waals surface area contributed by atoms with Gasteiger partial charge in [0, 0.05) is 49.8 Å². The van der Waals surface area contributed by atoms with E-state index in [1.165, 1.54) is 23.1 Å². The van der Waals surface area contributed by atoms with E-state index in [2.05, 4.69) is 9.88 Å². The van der Waals surface area contributed by atoms with Gasteiger partial charge in [0.05, 0.1) is 0 Å². The fourth-order valence-corrected chi connectivity index (χ4v) is 4.05. The van der Waals surface area contributed by atoms with Gasteiger partial charge in [-0.3, -0.25) is 9.59 Å². The first-order valence-electron chi connectivity index (χ1n) is 6.45. The number of rotatable bonds is 3. The van der Waals surface area contributed by atoms with Gasteiger partial charge < -0.3 is 15.5 Å². The van der Waals surface area contributed by atoms with Gasteiger partial charge in [0.2, 0.25) is 0 Å². The van der Waals surface area contributed by atoms with Crippen molar-refractivity contribution >= 4 is 39.3 Å². The van der Waals surface area contributed by atoms with Crippen molar-refractivity contribution in [3.05, 3.63) is 11.1 Å². The van der Waals surface area contributed by atoms with Gasteiger partial charge in [-0.25, -0.2) is 4.98 Å². The maximum atomic E-state index is 12.1. The first kappa shape index (κ1) is 13.8. The molecule has 108 valence electrons. The Bertz CT molecular complexity index is 535. The van der Waals surface area contributed by atoms with Crippen LogP contribution < -0.4 is 10.6 Å². The summed E-state index contributed by atoms with van der Waals surface area (Å²) in [5, 5.41) is 3.16. The largest absolute Gasteiger partial charge is 0.346 e. The Kier molecular flexibility index (Phi) is 3.70. The molecule has 0 saturated carbocycles. The number of thiazole rings is 1. The molecule has 3 rings (SSSR count). The van der Waals surface area contributed by atoms with E-state index >= 15 is 0 Å². The summed E-state index contributed by atoms with van der Waals surface area (Å²) in [7, 11) is 0. The van der Waals surface area contributed by atoms with Crippen molar-refractivity contribution in [3.8, 4) is 0 Å². The van der Waals surface area contributed by atoms with E-state index in [4.69, 9.17) is 5.73 Å². The van der Waals surface area contributed by atoms with Gasteiger partial charge in [0.25, 0.3) is 5.91 Å². The van der Waals surface area contributed by atoms with Gasteiger partial charge in [-0.1, -0.05) is 11.8 Å². The van der Waals surface area contributed by atoms with E-state index in [0.29, 0.717) is 24.0 Å². The minimum absolute atomic E-state index is 0.0376. The SMILES string of the molecule is CC(=O)SC1CN(c2nc(C(=O)N3CC(N)C3)cs2)C1. The number of carbonyl (C=O) groups is 2. The van der Waals surface area contributed by atoms with Crippen LogP contribution in [0.5, 0.6) is 0 Å². The third-order valence-electron chi connectivity index (χ3n) is 3.36. The normalized spacial score (nSPS) is 19.7. The number of hydrogen-bond acceptors (Lipinski definition) is 7.